The van der Waals surface area contributed by atoms with E-state index in [4.69, 9.17) is 4.74 Å². The van der Waals surface area contributed by atoms with Crippen LogP contribution in [0.3, 0.4) is 0 Å². The summed E-state index contributed by atoms with van der Waals surface area (Å²) in [5.74, 6) is 0.149. The number of likely N-dealkylation sites (N-methyl/N-ethyl adjacent to an activating group) is 1. The molecule has 1 unspecified atom stereocenters. The number of methoxy groups -OCH3 is 1. The van der Waals surface area contributed by atoms with Gasteiger partial charge in [0.1, 0.15) is 5.75 Å². The fraction of sp³-hybridized carbons (Fsp3) is 0.480. The first kappa shape index (κ1) is 24.5. The number of carbonyl (C=O) groups is 1. The van der Waals surface area contributed by atoms with Crippen molar-refractivity contribution >= 4 is 21.6 Å². The zero-order valence-corrected chi connectivity index (χ0v) is 20.8. The molecular formula is C25H34N4O4S. The van der Waals surface area contributed by atoms with Crippen molar-refractivity contribution in [3.63, 3.8) is 0 Å². The molecule has 0 aromatic heterocycles. The fourth-order valence-electron chi connectivity index (χ4n) is 4.49. The first-order valence-corrected chi connectivity index (χ1v) is 13.2. The number of ether oxygens (including phenoxy) is 1. The lowest BCUT2D eigenvalue weighted by atomic mass is 9.98. The van der Waals surface area contributed by atoms with E-state index in [9.17, 15) is 13.2 Å². The number of piperazine rings is 1. The minimum atomic E-state index is -3.65. The Morgan fingerprint density at radius 2 is 1.68 bits per heavy atom. The molecule has 2 fully saturated rings. The number of anilines is 1. The highest BCUT2D eigenvalue weighted by Crippen LogP contribution is 2.25. The summed E-state index contributed by atoms with van der Waals surface area (Å²) in [5.41, 5.74) is 2.24. The molecule has 0 spiro atoms. The van der Waals surface area contributed by atoms with E-state index in [1.807, 2.05) is 0 Å². The Bertz CT molecular complexity index is 1070. The molecule has 9 heteroatoms. The summed E-state index contributed by atoms with van der Waals surface area (Å²) in [7, 11) is 0.0335. The molecule has 1 amide bonds. The van der Waals surface area contributed by atoms with Gasteiger partial charge >= 0.3 is 0 Å². The van der Waals surface area contributed by atoms with E-state index in [-0.39, 0.29) is 23.3 Å². The number of sulfonamides is 1. The summed E-state index contributed by atoms with van der Waals surface area (Å²) in [6.45, 7) is 5.21. The third kappa shape index (κ3) is 5.71. The Kier molecular flexibility index (Phi) is 7.75. The molecule has 0 aliphatic carbocycles. The summed E-state index contributed by atoms with van der Waals surface area (Å²) < 4.78 is 32.7. The summed E-state index contributed by atoms with van der Waals surface area (Å²) in [4.78, 5) is 17.8. The van der Waals surface area contributed by atoms with Crippen molar-refractivity contribution in [1.29, 1.82) is 0 Å². The predicted octanol–water partition coefficient (Wildman–Crippen LogP) is 2.16. The quantitative estimate of drug-likeness (QED) is 0.646. The average Bonchev–Trinajstić information content (AvgIpc) is 2.88. The maximum absolute atomic E-state index is 13.1. The van der Waals surface area contributed by atoms with Crippen molar-refractivity contribution < 1.29 is 17.9 Å². The summed E-state index contributed by atoms with van der Waals surface area (Å²) in [5, 5.41) is 3.00. The molecule has 1 atom stereocenters. The Morgan fingerprint density at radius 3 is 2.32 bits per heavy atom. The van der Waals surface area contributed by atoms with E-state index in [0.29, 0.717) is 31.7 Å². The Morgan fingerprint density at radius 1 is 1.00 bits per heavy atom. The Hall–Kier alpha value is -2.62. The zero-order valence-electron chi connectivity index (χ0n) is 19.9. The number of rotatable bonds is 7. The number of piperidine rings is 1. The lowest BCUT2D eigenvalue weighted by Crippen LogP contribution is -2.45. The predicted molar refractivity (Wildman–Crippen MR) is 132 cm³/mol. The van der Waals surface area contributed by atoms with Crippen LogP contribution in [0.2, 0.25) is 0 Å². The largest absolute Gasteiger partial charge is 0.497 e. The number of carbonyl (C=O) groups excluding carboxylic acids is 1. The SMILES string of the molecule is COc1ccc(S(=O)(=O)N2CCCC(C(=O)NCc3ccc(N4CCN(C)CC4)cc3)C2)cc1. The molecule has 0 radical (unpaired) electrons. The van der Waals surface area contributed by atoms with E-state index >= 15 is 0 Å². The molecule has 34 heavy (non-hydrogen) atoms. The molecule has 0 saturated carbocycles. The van der Waals surface area contributed by atoms with Gasteiger partial charge < -0.3 is 19.9 Å². The van der Waals surface area contributed by atoms with Gasteiger partial charge in [0.25, 0.3) is 0 Å². The van der Waals surface area contributed by atoms with Crippen molar-refractivity contribution in [3.8, 4) is 5.75 Å². The maximum Gasteiger partial charge on any atom is 0.243 e. The smallest absolute Gasteiger partial charge is 0.243 e. The molecule has 2 heterocycles. The molecule has 8 nitrogen and oxygen atoms in total. The molecular weight excluding hydrogens is 452 g/mol. The van der Waals surface area contributed by atoms with Crippen LogP contribution in [0.1, 0.15) is 18.4 Å². The molecule has 2 aromatic rings. The second-order valence-electron chi connectivity index (χ2n) is 9.05. The van der Waals surface area contributed by atoms with Gasteiger partial charge in [0.2, 0.25) is 15.9 Å². The summed E-state index contributed by atoms with van der Waals surface area (Å²) in [6, 6.07) is 14.7. The van der Waals surface area contributed by atoms with Gasteiger partial charge in [0, 0.05) is 51.5 Å². The number of nitrogens with zero attached hydrogens (tertiary/aromatic N) is 3. The maximum atomic E-state index is 13.1. The van der Waals surface area contributed by atoms with Crippen LogP contribution < -0.4 is 15.0 Å². The molecule has 2 aliphatic rings. The first-order chi connectivity index (χ1) is 16.4. The van der Waals surface area contributed by atoms with Crippen LogP contribution in [0, 0.1) is 5.92 Å². The number of hydrogen-bond acceptors (Lipinski definition) is 6. The van der Waals surface area contributed by atoms with Crippen LogP contribution in [-0.2, 0) is 21.4 Å². The van der Waals surface area contributed by atoms with Crippen molar-refractivity contribution in [3.05, 3.63) is 54.1 Å². The Labute approximate surface area is 202 Å². The van der Waals surface area contributed by atoms with Crippen LogP contribution in [0.15, 0.2) is 53.4 Å². The van der Waals surface area contributed by atoms with E-state index < -0.39 is 10.0 Å². The highest BCUT2D eigenvalue weighted by molar-refractivity contribution is 7.89. The molecule has 0 bridgehead atoms. The molecule has 2 aliphatic heterocycles. The molecule has 2 aromatic carbocycles. The zero-order chi connectivity index (χ0) is 24.1. The monoisotopic (exact) mass is 486 g/mol. The normalized spacial score (nSPS) is 20.2. The minimum absolute atomic E-state index is 0.0993. The van der Waals surface area contributed by atoms with Crippen LogP contribution in [0.4, 0.5) is 5.69 Å². The lowest BCUT2D eigenvalue weighted by Gasteiger charge is -2.34. The van der Waals surface area contributed by atoms with Crippen molar-refractivity contribution in [2.75, 3.05) is 58.3 Å². The van der Waals surface area contributed by atoms with Crippen LogP contribution in [0.5, 0.6) is 5.75 Å². The second-order valence-corrected chi connectivity index (χ2v) is 11.0. The molecule has 184 valence electrons. The number of hydrogen-bond donors (Lipinski definition) is 1. The van der Waals surface area contributed by atoms with Crippen LogP contribution in [-0.4, -0.2) is 77.0 Å². The summed E-state index contributed by atoms with van der Waals surface area (Å²) in [6.07, 6.45) is 1.34. The standard InChI is InChI=1S/C25H34N4O4S/c1-27-14-16-28(17-15-27)22-7-5-20(6-8-22)18-26-25(30)21-4-3-13-29(19-21)34(31,32)24-11-9-23(33-2)10-12-24/h5-12,21H,3-4,13-19H2,1-2H3,(H,26,30). The molecule has 1 N–H and O–H groups in total. The molecule has 4 rings (SSSR count). The van der Waals surface area contributed by atoms with Crippen molar-refractivity contribution in [2.24, 2.45) is 5.92 Å². The van der Waals surface area contributed by atoms with Crippen LogP contribution in [0.25, 0.3) is 0 Å². The van der Waals surface area contributed by atoms with Gasteiger partial charge in [-0.05, 0) is 61.9 Å². The number of amides is 1. The fourth-order valence-corrected chi connectivity index (χ4v) is 6.02. The van der Waals surface area contributed by atoms with E-state index in [1.165, 1.54) is 9.99 Å². The molecule has 2 saturated heterocycles. The van der Waals surface area contributed by atoms with Gasteiger partial charge in [-0.2, -0.15) is 4.31 Å². The topological polar surface area (TPSA) is 82.2 Å². The third-order valence-corrected chi connectivity index (χ3v) is 8.60. The van der Waals surface area contributed by atoms with Crippen molar-refractivity contribution in [1.82, 2.24) is 14.5 Å². The highest BCUT2D eigenvalue weighted by Gasteiger charge is 2.33. The van der Waals surface area contributed by atoms with E-state index in [2.05, 4.69) is 46.4 Å². The second kappa shape index (κ2) is 10.8. The number of benzene rings is 2. The van der Waals surface area contributed by atoms with Gasteiger partial charge in [-0.3, -0.25) is 4.79 Å². The number of nitrogens with one attached hydrogen (secondary N) is 1. The van der Waals surface area contributed by atoms with Crippen molar-refractivity contribution in [2.45, 2.75) is 24.3 Å². The minimum Gasteiger partial charge on any atom is -0.497 e. The Balaban J connectivity index is 1.31. The van der Waals surface area contributed by atoms with E-state index in [0.717, 1.165) is 31.7 Å². The van der Waals surface area contributed by atoms with Gasteiger partial charge in [-0.1, -0.05) is 12.1 Å². The lowest BCUT2D eigenvalue weighted by molar-refractivity contribution is -0.126. The highest BCUT2D eigenvalue weighted by atomic mass is 32.2. The van der Waals surface area contributed by atoms with E-state index in [1.54, 1.807) is 31.4 Å². The van der Waals surface area contributed by atoms with Gasteiger partial charge in [0.05, 0.1) is 17.9 Å². The third-order valence-electron chi connectivity index (χ3n) is 6.72. The van der Waals surface area contributed by atoms with Gasteiger partial charge in [-0.15, -0.1) is 0 Å². The summed E-state index contributed by atoms with van der Waals surface area (Å²) >= 11 is 0. The van der Waals surface area contributed by atoms with Crippen LogP contribution >= 0.6 is 0 Å². The average molecular weight is 487 g/mol. The van der Waals surface area contributed by atoms with Gasteiger partial charge in [0.15, 0.2) is 0 Å². The van der Waals surface area contributed by atoms with Gasteiger partial charge in [-0.25, -0.2) is 8.42 Å². The first-order valence-electron chi connectivity index (χ1n) is 11.8.